The Labute approximate surface area is 213 Å². The molecule has 2 heterocycles. The van der Waals surface area contributed by atoms with Gasteiger partial charge >= 0.3 is 0 Å². The first-order chi connectivity index (χ1) is 17.1. The highest BCUT2D eigenvalue weighted by Gasteiger charge is 2.47. The second kappa shape index (κ2) is 8.79. The smallest absolute Gasteiger partial charge is 0.300 e. The van der Waals surface area contributed by atoms with Gasteiger partial charge in [-0.15, -0.1) is 0 Å². The van der Waals surface area contributed by atoms with Gasteiger partial charge in [0.1, 0.15) is 17.3 Å². The largest absolute Gasteiger partial charge is 0.507 e. The van der Waals surface area contributed by atoms with Crippen LogP contribution in [0.3, 0.4) is 0 Å². The van der Waals surface area contributed by atoms with E-state index < -0.39 is 23.5 Å². The van der Waals surface area contributed by atoms with Crippen molar-refractivity contribution in [2.75, 3.05) is 11.5 Å². The molecule has 1 fully saturated rings. The minimum absolute atomic E-state index is 0.0391. The molecule has 1 amide bonds. The van der Waals surface area contributed by atoms with E-state index >= 15 is 0 Å². The summed E-state index contributed by atoms with van der Waals surface area (Å²) in [4.78, 5) is 27.9. The van der Waals surface area contributed by atoms with Crippen LogP contribution >= 0.6 is 11.6 Å². The van der Waals surface area contributed by atoms with Crippen LogP contribution in [0.15, 0.2) is 66.2 Å². The number of nitrogens with zero attached hydrogens (tertiary/aromatic N) is 1. The van der Waals surface area contributed by atoms with Crippen molar-refractivity contribution in [3.63, 3.8) is 0 Å². The first-order valence-corrected chi connectivity index (χ1v) is 12.1. The molecular weight excluding hydrogens is 481 g/mol. The Morgan fingerprint density at radius 2 is 1.78 bits per heavy atom. The van der Waals surface area contributed by atoms with Crippen LogP contribution in [-0.2, 0) is 21.4 Å². The van der Waals surface area contributed by atoms with Gasteiger partial charge in [0.15, 0.2) is 0 Å². The maximum Gasteiger partial charge on any atom is 0.300 e. The molecule has 1 unspecified atom stereocenters. The van der Waals surface area contributed by atoms with Crippen molar-refractivity contribution >= 4 is 34.7 Å². The van der Waals surface area contributed by atoms with E-state index in [4.69, 9.17) is 16.3 Å². The molecule has 0 spiro atoms. The van der Waals surface area contributed by atoms with Gasteiger partial charge in [-0.05, 0) is 58.5 Å². The van der Waals surface area contributed by atoms with Gasteiger partial charge in [-0.1, -0.05) is 56.6 Å². The third-order valence-electron chi connectivity index (χ3n) is 6.68. The van der Waals surface area contributed by atoms with Crippen LogP contribution in [0.4, 0.5) is 10.1 Å². The van der Waals surface area contributed by atoms with Gasteiger partial charge in [0.05, 0.1) is 23.2 Å². The van der Waals surface area contributed by atoms with Crippen molar-refractivity contribution < 1.29 is 23.8 Å². The lowest BCUT2D eigenvalue weighted by Gasteiger charge is -2.27. The number of carbonyl (C=O) groups is 2. The van der Waals surface area contributed by atoms with Gasteiger partial charge < -0.3 is 9.84 Å². The van der Waals surface area contributed by atoms with Crippen LogP contribution in [0, 0.1) is 5.82 Å². The van der Waals surface area contributed by atoms with Crippen LogP contribution in [0.2, 0.25) is 5.02 Å². The second-order valence-corrected chi connectivity index (χ2v) is 10.5. The van der Waals surface area contributed by atoms with Gasteiger partial charge in [0.2, 0.25) is 0 Å². The Kier molecular flexibility index (Phi) is 5.87. The number of fused-ring (bicyclic) bond motifs is 1. The normalized spacial score (nSPS) is 18.9. The Morgan fingerprint density at radius 1 is 1.06 bits per heavy atom. The maximum absolute atomic E-state index is 13.9. The Bertz CT molecular complexity index is 1420. The molecule has 1 saturated heterocycles. The number of halogens is 2. The number of aliphatic hydroxyl groups excluding tert-OH is 1. The summed E-state index contributed by atoms with van der Waals surface area (Å²) in [6, 6.07) is 15.7. The number of anilines is 1. The fourth-order valence-electron chi connectivity index (χ4n) is 4.70. The van der Waals surface area contributed by atoms with Crippen molar-refractivity contribution in [3.05, 3.63) is 99.3 Å². The highest BCUT2D eigenvalue weighted by atomic mass is 35.5. The van der Waals surface area contributed by atoms with E-state index in [-0.39, 0.29) is 27.5 Å². The van der Waals surface area contributed by atoms with E-state index in [2.05, 4.69) is 20.8 Å². The predicted octanol–water partition coefficient (Wildman–Crippen LogP) is 6.34. The molecule has 3 aromatic rings. The van der Waals surface area contributed by atoms with Crippen LogP contribution in [0.5, 0.6) is 5.75 Å². The average molecular weight is 506 g/mol. The molecule has 184 valence electrons. The van der Waals surface area contributed by atoms with E-state index in [9.17, 15) is 19.1 Å². The number of ether oxygens (including phenoxy) is 1. The van der Waals surface area contributed by atoms with E-state index in [1.165, 1.54) is 17.0 Å². The lowest BCUT2D eigenvalue weighted by molar-refractivity contribution is -0.132. The highest BCUT2D eigenvalue weighted by Crippen LogP contribution is 2.43. The molecule has 0 aromatic heterocycles. The molecule has 0 saturated carbocycles. The quantitative estimate of drug-likeness (QED) is 0.256. The van der Waals surface area contributed by atoms with Crippen molar-refractivity contribution in [2.45, 2.75) is 38.6 Å². The lowest BCUT2D eigenvalue weighted by atomic mass is 9.85. The summed E-state index contributed by atoms with van der Waals surface area (Å²) < 4.78 is 19.5. The number of carbonyl (C=O) groups excluding carboxylic acids is 2. The number of amides is 1. The Balaban J connectivity index is 1.70. The summed E-state index contributed by atoms with van der Waals surface area (Å²) in [6.45, 7) is 6.82. The molecule has 36 heavy (non-hydrogen) atoms. The second-order valence-electron chi connectivity index (χ2n) is 10.1. The first-order valence-electron chi connectivity index (χ1n) is 11.7. The van der Waals surface area contributed by atoms with E-state index in [0.717, 1.165) is 22.9 Å². The van der Waals surface area contributed by atoms with Crippen molar-refractivity contribution in [3.8, 4) is 5.75 Å². The van der Waals surface area contributed by atoms with Gasteiger partial charge in [0.25, 0.3) is 11.7 Å². The van der Waals surface area contributed by atoms with Crippen LogP contribution in [-0.4, -0.2) is 23.4 Å². The number of rotatable bonds is 3. The van der Waals surface area contributed by atoms with Gasteiger partial charge in [-0.3, -0.25) is 14.5 Å². The standard InChI is InChI=1S/C29H25ClFNO4/c1-29(2,3)19-7-4-16(5-8-19)25-24(26(33)18-6-11-23-17(14-18)12-13-36-23)27(34)28(35)32(25)20-9-10-22(31)21(30)15-20/h4-11,14-15,25,33H,12-13H2,1-3H3/b26-24-. The van der Waals surface area contributed by atoms with Gasteiger partial charge in [-0.25, -0.2) is 4.39 Å². The molecule has 5 nitrogen and oxygen atoms in total. The zero-order valence-electron chi connectivity index (χ0n) is 20.1. The van der Waals surface area contributed by atoms with Crippen LogP contribution in [0.25, 0.3) is 5.76 Å². The van der Waals surface area contributed by atoms with E-state index in [0.29, 0.717) is 24.2 Å². The SMILES string of the molecule is CC(C)(C)c1ccc(C2/C(=C(/O)c3ccc4c(c3)CCO4)C(=O)C(=O)N2c2ccc(F)c(Cl)c2)cc1. The number of ketones is 1. The fourth-order valence-corrected chi connectivity index (χ4v) is 4.88. The van der Waals surface area contributed by atoms with Crippen LogP contribution in [0.1, 0.15) is 49.1 Å². The number of benzene rings is 3. The molecule has 1 atom stereocenters. The average Bonchev–Trinajstić information content (AvgIpc) is 3.42. The molecule has 0 bridgehead atoms. The van der Waals surface area contributed by atoms with Gasteiger partial charge in [-0.2, -0.15) is 0 Å². The summed E-state index contributed by atoms with van der Waals surface area (Å²) in [6.07, 6.45) is 0.691. The van der Waals surface area contributed by atoms with Crippen molar-refractivity contribution in [2.24, 2.45) is 0 Å². The lowest BCUT2D eigenvalue weighted by Crippen LogP contribution is -2.29. The third-order valence-corrected chi connectivity index (χ3v) is 6.97. The van der Waals surface area contributed by atoms with E-state index in [1.54, 1.807) is 18.2 Å². The molecule has 0 radical (unpaired) electrons. The highest BCUT2D eigenvalue weighted by molar-refractivity contribution is 6.51. The Morgan fingerprint density at radius 3 is 2.44 bits per heavy atom. The number of hydrogen-bond donors (Lipinski definition) is 1. The molecule has 2 aliphatic heterocycles. The summed E-state index contributed by atoms with van der Waals surface area (Å²) in [5.41, 5.74) is 3.17. The Hall–Kier alpha value is -3.64. The maximum atomic E-state index is 13.9. The molecule has 1 N–H and O–H groups in total. The minimum Gasteiger partial charge on any atom is -0.507 e. The number of aliphatic hydroxyl groups is 1. The van der Waals surface area contributed by atoms with E-state index in [1.807, 2.05) is 24.3 Å². The predicted molar refractivity (Wildman–Crippen MR) is 137 cm³/mol. The molecule has 7 heteroatoms. The number of Topliss-reactive ketones (excluding diaryl/α,β-unsaturated/α-hetero) is 1. The summed E-state index contributed by atoms with van der Waals surface area (Å²) >= 11 is 6.02. The van der Waals surface area contributed by atoms with Crippen molar-refractivity contribution in [1.82, 2.24) is 0 Å². The molecule has 2 aliphatic rings. The molecule has 3 aromatic carbocycles. The van der Waals surface area contributed by atoms with Crippen LogP contribution < -0.4 is 9.64 Å². The minimum atomic E-state index is -0.926. The summed E-state index contributed by atoms with van der Waals surface area (Å²) in [5.74, 6) is -1.82. The van der Waals surface area contributed by atoms with Crippen molar-refractivity contribution in [1.29, 1.82) is 0 Å². The summed E-state index contributed by atoms with van der Waals surface area (Å²) in [5, 5.41) is 11.2. The van der Waals surface area contributed by atoms with Gasteiger partial charge in [0, 0.05) is 17.7 Å². The monoisotopic (exact) mass is 505 g/mol. The first kappa shape index (κ1) is 24.1. The molecular formula is C29H25ClFNO4. The zero-order valence-corrected chi connectivity index (χ0v) is 20.9. The number of hydrogen-bond acceptors (Lipinski definition) is 4. The summed E-state index contributed by atoms with van der Waals surface area (Å²) in [7, 11) is 0. The zero-order chi connectivity index (χ0) is 25.8. The topological polar surface area (TPSA) is 66.8 Å². The fraction of sp³-hybridized carbons (Fsp3) is 0.241. The molecule has 0 aliphatic carbocycles. The third kappa shape index (κ3) is 4.05. The molecule has 5 rings (SSSR count).